The van der Waals surface area contributed by atoms with Crippen molar-refractivity contribution >= 4 is 5.69 Å². The van der Waals surface area contributed by atoms with Crippen LogP contribution in [0.4, 0.5) is 5.69 Å². The summed E-state index contributed by atoms with van der Waals surface area (Å²) in [4.78, 5) is 2.36. The molecule has 1 heterocycles. The van der Waals surface area contributed by atoms with E-state index in [1.807, 2.05) is 7.05 Å². The van der Waals surface area contributed by atoms with Crippen LogP contribution in [0.2, 0.25) is 0 Å². The maximum atomic E-state index is 5.73. The summed E-state index contributed by atoms with van der Waals surface area (Å²) >= 11 is 0. The highest BCUT2D eigenvalue weighted by Crippen LogP contribution is 2.30. The zero-order valence-electron chi connectivity index (χ0n) is 12.4. The first-order valence-electron chi connectivity index (χ1n) is 7.15. The first-order chi connectivity index (χ1) is 9.15. The molecule has 2 rings (SSSR count). The summed E-state index contributed by atoms with van der Waals surface area (Å²) in [5.74, 6) is 0. The number of ether oxygens (including phenoxy) is 1. The molecule has 1 N–H and O–H groups in total. The van der Waals surface area contributed by atoms with E-state index in [2.05, 4.69) is 48.5 Å². The Morgan fingerprint density at radius 2 is 2.26 bits per heavy atom. The molecule has 19 heavy (non-hydrogen) atoms. The molecule has 0 radical (unpaired) electrons. The summed E-state index contributed by atoms with van der Waals surface area (Å²) in [7, 11) is 4.21. The van der Waals surface area contributed by atoms with Gasteiger partial charge in [0.1, 0.15) is 0 Å². The summed E-state index contributed by atoms with van der Waals surface area (Å²) in [5, 5.41) is 3.34. The van der Waals surface area contributed by atoms with E-state index in [-0.39, 0.29) is 5.41 Å². The molecule has 1 atom stereocenters. The van der Waals surface area contributed by atoms with E-state index < -0.39 is 0 Å². The van der Waals surface area contributed by atoms with Gasteiger partial charge in [-0.3, -0.25) is 0 Å². The molecule has 0 amide bonds. The van der Waals surface area contributed by atoms with Crippen molar-refractivity contribution in [1.29, 1.82) is 0 Å². The van der Waals surface area contributed by atoms with Gasteiger partial charge < -0.3 is 15.0 Å². The van der Waals surface area contributed by atoms with Crippen LogP contribution in [0.1, 0.15) is 18.4 Å². The summed E-state index contributed by atoms with van der Waals surface area (Å²) in [6, 6.07) is 8.70. The molecular formula is C16H26N2O. The lowest BCUT2D eigenvalue weighted by Gasteiger charge is -2.40. The van der Waals surface area contributed by atoms with Crippen LogP contribution >= 0.6 is 0 Å². The molecule has 0 bridgehead atoms. The number of nitrogens with one attached hydrogen (secondary N) is 1. The van der Waals surface area contributed by atoms with Crippen LogP contribution < -0.4 is 10.2 Å². The average Bonchev–Trinajstić information content (AvgIpc) is 2.40. The van der Waals surface area contributed by atoms with Crippen molar-refractivity contribution in [2.24, 2.45) is 5.41 Å². The van der Waals surface area contributed by atoms with Gasteiger partial charge in [-0.1, -0.05) is 12.1 Å². The molecule has 1 fully saturated rings. The van der Waals surface area contributed by atoms with Crippen molar-refractivity contribution in [2.45, 2.75) is 19.8 Å². The minimum atomic E-state index is 0.242. The highest BCUT2D eigenvalue weighted by atomic mass is 16.5. The van der Waals surface area contributed by atoms with Crippen molar-refractivity contribution in [3.8, 4) is 0 Å². The van der Waals surface area contributed by atoms with E-state index in [4.69, 9.17) is 4.74 Å². The Bertz CT molecular complexity index is 394. The van der Waals surface area contributed by atoms with Gasteiger partial charge in [0.25, 0.3) is 0 Å². The summed E-state index contributed by atoms with van der Waals surface area (Å²) in [5.41, 5.74) is 2.85. The van der Waals surface area contributed by atoms with Crippen molar-refractivity contribution in [2.75, 3.05) is 45.3 Å². The topological polar surface area (TPSA) is 24.5 Å². The van der Waals surface area contributed by atoms with Gasteiger partial charge in [0, 0.05) is 37.8 Å². The Balaban J connectivity index is 2.08. The van der Waals surface area contributed by atoms with Gasteiger partial charge in [-0.2, -0.15) is 0 Å². The zero-order valence-corrected chi connectivity index (χ0v) is 12.4. The van der Waals surface area contributed by atoms with Crippen LogP contribution in [0.25, 0.3) is 0 Å². The highest BCUT2D eigenvalue weighted by Gasteiger charge is 2.33. The molecule has 0 aliphatic carbocycles. The predicted molar refractivity (Wildman–Crippen MR) is 80.9 cm³/mol. The predicted octanol–water partition coefficient (Wildman–Crippen LogP) is 2.45. The zero-order chi connectivity index (χ0) is 13.7. The molecule has 0 saturated carbocycles. The van der Waals surface area contributed by atoms with E-state index in [1.165, 1.54) is 24.1 Å². The van der Waals surface area contributed by atoms with Crippen LogP contribution in [-0.2, 0) is 4.74 Å². The first-order valence-corrected chi connectivity index (χ1v) is 7.15. The fourth-order valence-corrected chi connectivity index (χ4v) is 3.06. The Kier molecular flexibility index (Phi) is 4.83. The van der Waals surface area contributed by atoms with Crippen molar-refractivity contribution in [1.82, 2.24) is 5.32 Å². The Morgan fingerprint density at radius 3 is 2.89 bits per heavy atom. The molecule has 0 spiro atoms. The van der Waals surface area contributed by atoms with Gasteiger partial charge in [-0.25, -0.2) is 0 Å². The van der Waals surface area contributed by atoms with E-state index in [1.54, 1.807) is 0 Å². The number of hydrogen-bond donors (Lipinski definition) is 1. The second-order valence-electron chi connectivity index (χ2n) is 5.88. The molecule has 1 aromatic carbocycles. The molecule has 1 aliphatic rings. The molecule has 1 aliphatic heterocycles. The fourth-order valence-electron chi connectivity index (χ4n) is 3.06. The minimum Gasteiger partial charge on any atom is -0.381 e. The first kappa shape index (κ1) is 14.4. The lowest BCUT2D eigenvalue weighted by atomic mass is 9.81. The van der Waals surface area contributed by atoms with Crippen LogP contribution in [0.15, 0.2) is 24.3 Å². The Morgan fingerprint density at radius 1 is 1.42 bits per heavy atom. The second kappa shape index (κ2) is 6.40. The number of aryl methyl sites for hydroxylation is 1. The van der Waals surface area contributed by atoms with E-state index in [0.717, 1.165) is 26.3 Å². The quantitative estimate of drug-likeness (QED) is 0.882. The summed E-state index contributed by atoms with van der Waals surface area (Å²) in [6.07, 6.45) is 2.41. The maximum Gasteiger partial charge on any atom is 0.0551 e. The molecule has 106 valence electrons. The van der Waals surface area contributed by atoms with Gasteiger partial charge in [0.15, 0.2) is 0 Å². The third-order valence-corrected chi connectivity index (χ3v) is 3.97. The number of anilines is 1. The number of rotatable bonds is 5. The molecule has 1 aromatic rings. The molecule has 3 nitrogen and oxygen atoms in total. The van der Waals surface area contributed by atoms with Crippen molar-refractivity contribution in [3.63, 3.8) is 0 Å². The Labute approximate surface area is 116 Å². The van der Waals surface area contributed by atoms with Gasteiger partial charge in [0.05, 0.1) is 6.61 Å². The van der Waals surface area contributed by atoms with E-state index >= 15 is 0 Å². The van der Waals surface area contributed by atoms with Crippen LogP contribution in [-0.4, -0.2) is 40.4 Å². The average molecular weight is 262 g/mol. The van der Waals surface area contributed by atoms with E-state index in [0.29, 0.717) is 0 Å². The van der Waals surface area contributed by atoms with Gasteiger partial charge in [0.2, 0.25) is 0 Å². The standard InChI is InChI=1S/C16H26N2O/c1-14-6-4-7-15(10-14)18(3)12-16(11-17-2)8-5-9-19-13-16/h4,6-7,10,17H,5,8-9,11-13H2,1-3H3. The molecule has 3 heteroatoms. The van der Waals surface area contributed by atoms with Crippen molar-refractivity contribution < 1.29 is 4.74 Å². The number of hydrogen-bond acceptors (Lipinski definition) is 3. The number of benzene rings is 1. The van der Waals surface area contributed by atoms with Gasteiger partial charge in [-0.05, 0) is 44.5 Å². The smallest absolute Gasteiger partial charge is 0.0551 e. The minimum absolute atomic E-state index is 0.242. The SMILES string of the molecule is CNCC1(CN(C)c2cccc(C)c2)CCCOC1. The monoisotopic (exact) mass is 262 g/mol. The molecule has 1 saturated heterocycles. The molecule has 0 aromatic heterocycles. The van der Waals surface area contributed by atoms with Crippen molar-refractivity contribution in [3.05, 3.63) is 29.8 Å². The summed E-state index contributed by atoms with van der Waals surface area (Å²) < 4.78 is 5.73. The highest BCUT2D eigenvalue weighted by molar-refractivity contribution is 5.47. The lowest BCUT2D eigenvalue weighted by Crippen LogP contribution is -2.47. The van der Waals surface area contributed by atoms with Crippen LogP contribution in [0, 0.1) is 12.3 Å². The van der Waals surface area contributed by atoms with Gasteiger partial charge >= 0.3 is 0 Å². The molecular weight excluding hydrogens is 236 g/mol. The number of nitrogens with zero attached hydrogens (tertiary/aromatic N) is 1. The van der Waals surface area contributed by atoms with Crippen LogP contribution in [0.5, 0.6) is 0 Å². The third-order valence-electron chi connectivity index (χ3n) is 3.97. The fraction of sp³-hybridized carbons (Fsp3) is 0.625. The third kappa shape index (κ3) is 3.71. The maximum absolute atomic E-state index is 5.73. The lowest BCUT2D eigenvalue weighted by molar-refractivity contribution is -0.00183. The molecule has 1 unspecified atom stereocenters. The van der Waals surface area contributed by atoms with Crippen LogP contribution in [0.3, 0.4) is 0 Å². The van der Waals surface area contributed by atoms with E-state index in [9.17, 15) is 0 Å². The largest absolute Gasteiger partial charge is 0.381 e. The Hall–Kier alpha value is -1.06. The normalized spacial score (nSPS) is 23.3. The summed E-state index contributed by atoms with van der Waals surface area (Å²) in [6.45, 7) is 5.98. The van der Waals surface area contributed by atoms with Gasteiger partial charge in [-0.15, -0.1) is 0 Å². The second-order valence-corrected chi connectivity index (χ2v) is 5.88.